The van der Waals surface area contributed by atoms with Crippen LogP contribution in [0.3, 0.4) is 0 Å². The Morgan fingerprint density at radius 2 is 1.56 bits per heavy atom. The number of nitrogens with zero attached hydrogens (tertiary/aromatic N) is 1. The van der Waals surface area contributed by atoms with Crippen LogP contribution in [0.15, 0.2) is 60.2 Å². The molecule has 45 heavy (non-hydrogen) atoms. The van der Waals surface area contributed by atoms with E-state index in [9.17, 15) is 17.6 Å². The van der Waals surface area contributed by atoms with Crippen molar-refractivity contribution in [2.45, 2.75) is 90.4 Å². The zero-order valence-corrected chi connectivity index (χ0v) is 28.7. The van der Waals surface area contributed by atoms with Gasteiger partial charge in [0.15, 0.2) is 0 Å². The van der Waals surface area contributed by atoms with Gasteiger partial charge in [-0.1, -0.05) is 77.5 Å². The molecule has 0 bridgehead atoms. The van der Waals surface area contributed by atoms with E-state index >= 15 is 0 Å². The molecule has 0 saturated heterocycles. The number of allylic oxidation sites excluding steroid dienone is 2. The lowest BCUT2D eigenvalue weighted by Gasteiger charge is -2.43. The molecule has 243 valence electrons. The Balaban J connectivity index is 0.000000390. The van der Waals surface area contributed by atoms with Crippen LogP contribution in [0.4, 0.5) is 17.6 Å². The van der Waals surface area contributed by atoms with E-state index in [1.807, 2.05) is 6.92 Å². The maximum atomic E-state index is 13.9. The molecule has 0 saturated carbocycles. The molecule has 7 heteroatoms. The number of rotatable bonds is 4. The molecule has 2 heterocycles. The molecule has 3 aromatic rings. The number of hydrogen-bond donors (Lipinski definition) is 0. The monoisotopic (exact) mass is 640 g/mol. The molecular weight excluding hydrogens is 594 g/mol. The number of fused-ring (bicyclic) bond motifs is 2. The van der Waals surface area contributed by atoms with Crippen molar-refractivity contribution in [1.82, 2.24) is 4.98 Å². The van der Waals surface area contributed by atoms with Crippen molar-refractivity contribution in [2.24, 2.45) is 5.41 Å². The van der Waals surface area contributed by atoms with E-state index in [1.165, 1.54) is 35.6 Å². The van der Waals surface area contributed by atoms with Gasteiger partial charge in [-0.15, -0.1) is 0 Å². The van der Waals surface area contributed by atoms with Crippen molar-refractivity contribution in [3.8, 4) is 11.1 Å². The fraction of sp³-hybridized carbons (Fsp3) is 0.474. The first-order chi connectivity index (χ1) is 20.8. The predicted octanol–water partition coefficient (Wildman–Crippen LogP) is 11.2. The highest BCUT2D eigenvalue weighted by Gasteiger charge is 2.44. The molecule has 1 radical (unpaired) electrons. The normalized spacial score (nSPS) is 22.5. The fourth-order valence-corrected chi connectivity index (χ4v) is 7.17. The van der Waals surface area contributed by atoms with Crippen molar-refractivity contribution in [3.63, 3.8) is 0 Å². The van der Waals surface area contributed by atoms with E-state index in [4.69, 9.17) is 9.72 Å². The molecule has 0 fully saturated rings. The average Bonchev–Trinajstić information content (AvgIpc) is 3.75. The average molecular weight is 641 g/mol. The maximum Gasteiger partial charge on any atom is 0.416 e. The summed E-state index contributed by atoms with van der Waals surface area (Å²) in [7, 11) is -0.336. The summed E-state index contributed by atoms with van der Waals surface area (Å²) >= 11 is 0. The highest BCUT2D eigenvalue weighted by atomic mass is 32.3. The van der Waals surface area contributed by atoms with Crippen molar-refractivity contribution >= 4 is 10.0 Å². The standard InChI is InChI=1S/C30H26F4NO.C8H20S/c1-16-27-26(28(36-16)19-6-10-20(11-7-19)30(32,33)34)24(18-8-12-21(31)13-9-18)25-22(17-4-5-17)14-29(2,3)15-23(25)35-27;1-7-9(5,6)8(2,3)4/h4-13,16,22,28H,14-15H2,1-3H3;7H2,1-6H3/t16?,22-,28?;/m1./s1. The van der Waals surface area contributed by atoms with Crippen LogP contribution in [0.5, 0.6) is 0 Å². The van der Waals surface area contributed by atoms with E-state index in [1.54, 1.807) is 12.1 Å². The van der Waals surface area contributed by atoms with Gasteiger partial charge in [-0.2, -0.15) is 13.2 Å². The van der Waals surface area contributed by atoms with E-state index in [2.05, 4.69) is 66.6 Å². The summed E-state index contributed by atoms with van der Waals surface area (Å²) in [5.41, 5.74) is 6.97. The third-order valence-corrected chi connectivity index (χ3v) is 14.7. The summed E-state index contributed by atoms with van der Waals surface area (Å²) in [5, 5.41) is 0. The van der Waals surface area contributed by atoms with Crippen molar-refractivity contribution in [2.75, 3.05) is 18.3 Å². The molecular formula is C38H46F4NOS. The molecule has 2 aliphatic carbocycles. The second-order valence-corrected chi connectivity index (χ2v) is 19.7. The zero-order valence-electron chi connectivity index (χ0n) is 27.9. The lowest BCUT2D eigenvalue weighted by molar-refractivity contribution is -0.137. The van der Waals surface area contributed by atoms with Gasteiger partial charge in [0.2, 0.25) is 0 Å². The molecule has 0 spiro atoms. The lowest BCUT2D eigenvalue weighted by Crippen LogP contribution is -2.28. The minimum atomic E-state index is -4.41. The van der Waals surface area contributed by atoms with Gasteiger partial charge >= 0.3 is 6.18 Å². The Morgan fingerprint density at radius 1 is 0.956 bits per heavy atom. The van der Waals surface area contributed by atoms with Crippen LogP contribution in [-0.4, -0.2) is 28.0 Å². The van der Waals surface area contributed by atoms with Gasteiger partial charge in [-0.05, 0) is 94.7 Å². The number of pyridine rings is 1. The Labute approximate surface area is 268 Å². The third kappa shape index (κ3) is 6.90. The molecule has 6 rings (SSSR count). The second-order valence-electron chi connectivity index (χ2n) is 14.8. The zero-order chi connectivity index (χ0) is 33.1. The number of ether oxygens (including phenoxy) is 1. The number of aromatic nitrogens is 1. The van der Waals surface area contributed by atoms with Crippen LogP contribution in [-0.2, 0) is 17.3 Å². The molecule has 0 amide bonds. The van der Waals surface area contributed by atoms with Crippen LogP contribution in [0, 0.1) is 17.7 Å². The molecule has 1 aromatic heterocycles. The molecule has 1 aliphatic heterocycles. The highest BCUT2D eigenvalue weighted by Crippen LogP contribution is 2.56. The van der Waals surface area contributed by atoms with Gasteiger partial charge in [0.05, 0.1) is 17.4 Å². The van der Waals surface area contributed by atoms with Gasteiger partial charge in [0.25, 0.3) is 0 Å². The van der Waals surface area contributed by atoms with Crippen molar-refractivity contribution < 1.29 is 22.3 Å². The molecule has 2 aromatic carbocycles. The Hall–Kier alpha value is -2.64. The second kappa shape index (κ2) is 11.9. The minimum Gasteiger partial charge on any atom is -0.359 e. The van der Waals surface area contributed by atoms with Crippen LogP contribution >= 0.6 is 10.0 Å². The van der Waals surface area contributed by atoms with Crippen LogP contribution in [0.25, 0.3) is 11.1 Å². The summed E-state index contributed by atoms with van der Waals surface area (Å²) in [6, 6.07) is 11.6. The molecule has 0 N–H and O–H groups in total. The first-order valence-corrected chi connectivity index (χ1v) is 18.4. The van der Waals surface area contributed by atoms with Gasteiger partial charge in [0.1, 0.15) is 11.9 Å². The van der Waals surface area contributed by atoms with Crippen molar-refractivity contribution in [3.05, 3.63) is 106 Å². The minimum absolute atomic E-state index is 0.0613. The van der Waals surface area contributed by atoms with Gasteiger partial charge in [-0.3, -0.25) is 4.98 Å². The van der Waals surface area contributed by atoms with E-state index in [-0.39, 0.29) is 33.3 Å². The van der Waals surface area contributed by atoms with E-state index in [0.717, 1.165) is 58.6 Å². The number of benzene rings is 2. The lowest BCUT2D eigenvalue weighted by atomic mass is 9.67. The molecule has 2 nitrogen and oxygen atoms in total. The smallest absolute Gasteiger partial charge is 0.359 e. The first-order valence-electron chi connectivity index (χ1n) is 15.7. The van der Waals surface area contributed by atoms with Gasteiger partial charge in [0, 0.05) is 23.6 Å². The summed E-state index contributed by atoms with van der Waals surface area (Å²) in [4.78, 5) is 5.15. The third-order valence-electron chi connectivity index (χ3n) is 9.93. The number of halogens is 4. The predicted molar refractivity (Wildman–Crippen MR) is 179 cm³/mol. The highest BCUT2D eigenvalue weighted by molar-refractivity contribution is 8.33. The van der Waals surface area contributed by atoms with Gasteiger partial charge in [-0.25, -0.2) is 14.4 Å². The number of hydrogen-bond acceptors (Lipinski definition) is 2. The summed E-state index contributed by atoms with van der Waals surface area (Å²) in [6.07, 6.45) is 5.54. The quantitative estimate of drug-likeness (QED) is 0.265. The van der Waals surface area contributed by atoms with Crippen LogP contribution < -0.4 is 0 Å². The van der Waals surface area contributed by atoms with Gasteiger partial charge < -0.3 is 4.74 Å². The largest absolute Gasteiger partial charge is 0.416 e. The number of alkyl halides is 3. The topological polar surface area (TPSA) is 22.1 Å². The Morgan fingerprint density at radius 3 is 2.04 bits per heavy atom. The summed E-state index contributed by atoms with van der Waals surface area (Å²) in [5.74, 6) is 1.18. The maximum absolute atomic E-state index is 13.9. The van der Waals surface area contributed by atoms with Crippen molar-refractivity contribution in [1.29, 1.82) is 0 Å². The summed E-state index contributed by atoms with van der Waals surface area (Å²) < 4.78 is 60.5. The molecule has 2 unspecified atom stereocenters. The fourth-order valence-electron chi connectivity index (χ4n) is 6.30. The van der Waals surface area contributed by atoms with E-state index in [0.29, 0.717) is 10.3 Å². The molecule has 3 atom stereocenters. The Kier molecular flexibility index (Phi) is 8.89. The summed E-state index contributed by atoms with van der Waals surface area (Å²) in [6.45, 7) is 15.7. The first kappa shape index (κ1) is 33.7. The molecule has 3 aliphatic rings. The SMILES string of the molecule is CC1OC(c2ccc(C(F)(F)F)cc2)c2c1nc1c(c2-c2ccc(F)cc2)[C@@H](C2=C[CH]2)CC(C)(C)C1.CCS(C)(C)C(C)(C)C. The Bertz CT molecular complexity index is 1580. The van der Waals surface area contributed by atoms with E-state index < -0.39 is 17.8 Å². The van der Waals surface area contributed by atoms with Crippen LogP contribution in [0.1, 0.15) is 107 Å². The van der Waals surface area contributed by atoms with Crippen LogP contribution in [0.2, 0.25) is 0 Å².